The van der Waals surface area contributed by atoms with Gasteiger partial charge in [-0.2, -0.15) is 5.10 Å². The first-order valence-corrected chi connectivity index (χ1v) is 6.47. The average Bonchev–Trinajstić information content (AvgIpc) is 2.73. The summed E-state index contributed by atoms with van der Waals surface area (Å²) in [6.45, 7) is 3.22. The van der Waals surface area contributed by atoms with Crippen molar-refractivity contribution in [3.05, 3.63) is 18.0 Å². The van der Waals surface area contributed by atoms with Gasteiger partial charge in [0, 0.05) is 25.8 Å². The summed E-state index contributed by atoms with van der Waals surface area (Å²) in [5, 5.41) is 7.99. The first-order chi connectivity index (χ1) is 7.75. The lowest BCUT2D eigenvalue weighted by Gasteiger charge is -2.28. The zero-order valence-corrected chi connectivity index (χ0v) is 10.4. The summed E-state index contributed by atoms with van der Waals surface area (Å²) in [6.07, 6.45) is 9.07. The molecule has 2 rings (SSSR count). The molecule has 0 bridgehead atoms. The third kappa shape index (κ3) is 3.08. The molecule has 1 heterocycles. The number of rotatable bonds is 4. The van der Waals surface area contributed by atoms with E-state index in [4.69, 9.17) is 0 Å². The van der Waals surface area contributed by atoms with Gasteiger partial charge >= 0.3 is 0 Å². The fourth-order valence-corrected chi connectivity index (χ4v) is 2.62. The van der Waals surface area contributed by atoms with Gasteiger partial charge in [0.1, 0.15) is 0 Å². The average molecular weight is 221 g/mol. The van der Waals surface area contributed by atoms with E-state index in [1.807, 2.05) is 17.9 Å². The highest BCUT2D eigenvalue weighted by atomic mass is 15.3. The van der Waals surface area contributed by atoms with Gasteiger partial charge in [0.25, 0.3) is 0 Å². The van der Waals surface area contributed by atoms with Gasteiger partial charge in [-0.25, -0.2) is 0 Å². The molecule has 1 aliphatic carbocycles. The second-order valence-electron chi connectivity index (χ2n) is 5.05. The van der Waals surface area contributed by atoms with Gasteiger partial charge in [-0.15, -0.1) is 0 Å². The molecule has 90 valence electrons. The van der Waals surface area contributed by atoms with Crippen LogP contribution >= 0.6 is 0 Å². The van der Waals surface area contributed by atoms with Crippen LogP contribution in [0.2, 0.25) is 0 Å². The van der Waals surface area contributed by atoms with Crippen molar-refractivity contribution in [2.45, 2.75) is 51.6 Å². The van der Waals surface area contributed by atoms with Crippen molar-refractivity contribution in [2.75, 3.05) is 0 Å². The lowest BCUT2D eigenvalue weighted by molar-refractivity contribution is 0.280. The molecule has 1 aromatic heterocycles. The highest BCUT2D eigenvalue weighted by Gasteiger charge is 2.19. The van der Waals surface area contributed by atoms with Gasteiger partial charge in [-0.3, -0.25) is 4.68 Å². The summed E-state index contributed by atoms with van der Waals surface area (Å²) in [5.74, 6) is 0.873. The first-order valence-electron chi connectivity index (χ1n) is 6.47. The summed E-state index contributed by atoms with van der Waals surface area (Å²) >= 11 is 0. The molecule has 1 aromatic rings. The largest absolute Gasteiger partial charge is 0.308 e. The fraction of sp³-hybridized carbons (Fsp3) is 0.769. The van der Waals surface area contributed by atoms with E-state index in [0.717, 1.165) is 18.2 Å². The monoisotopic (exact) mass is 221 g/mol. The van der Waals surface area contributed by atoms with Crippen LogP contribution in [0.1, 0.15) is 44.7 Å². The number of nitrogens with zero attached hydrogens (tertiary/aromatic N) is 2. The highest BCUT2D eigenvalue weighted by molar-refractivity contribution is 4.98. The zero-order chi connectivity index (χ0) is 11.4. The second-order valence-corrected chi connectivity index (χ2v) is 5.05. The first kappa shape index (κ1) is 11.6. The molecule has 3 heteroatoms. The van der Waals surface area contributed by atoms with E-state index in [-0.39, 0.29) is 0 Å². The van der Waals surface area contributed by atoms with Gasteiger partial charge in [0.2, 0.25) is 0 Å². The van der Waals surface area contributed by atoms with E-state index in [1.165, 1.54) is 32.1 Å². The quantitative estimate of drug-likeness (QED) is 0.846. The molecule has 1 saturated carbocycles. The van der Waals surface area contributed by atoms with Crippen molar-refractivity contribution in [1.82, 2.24) is 15.1 Å². The minimum absolute atomic E-state index is 0.627. The summed E-state index contributed by atoms with van der Waals surface area (Å²) < 4.78 is 1.86. The molecule has 1 aliphatic rings. The Bertz CT molecular complexity index is 313. The SMILES string of the molecule is C[C@H](NCc1ccn(C)n1)C1CCCCC1. The molecule has 0 aliphatic heterocycles. The van der Waals surface area contributed by atoms with Crippen LogP contribution in [0, 0.1) is 5.92 Å². The predicted molar refractivity (Wildman–Crippen MR) is 66.1 cm³/mol. The molecule has 0 saturated heterocycles. The Morgan fingerprint density at radius 2 is 2.19 bits per heavy atom. The van der Waals surface area contributed by atoms with Crippen molar-refractivity contribution in [3.8, 4) is 0 Å². The molecule has 0 aromatic carbocycles. The predicted octanol–water partition coefficient (Wildman–Crippen LogP) is 2.48. The Labute approximate surface area is 98.2 Å². The maximum Gasteiger partial charge on any atom is 0.0762 e. The van der Waals surface area contributed by atoms with Crippen LogP contribution in [0.25, 0.3) is 0 Å². The van der Waals surface area contributed by atoms with Crippen LogP contribution in [0.4, 0.5) is 0 Å². The molecule has 3 nitrogen and oxygen atoms in total. The zero-order valence-electron chi connectivity index (χ0n) is 10.4. The van der Waals surface area contributed by atoms with Gasteiger partial charge in [0.15, 0.2) is 0 Å². The van der Waals surface area contributed by atoms with Crippen molar-refractivity contribution >= 4 is 0 Å². The Morgan fingerprint density at radius 1 is 1.44 bits per heavy atom. The third-order valence-electron chi connectivity index (χ3n) is 3.73. The molecule has 16 heavy (non-hydrogen) atoms. The smallest absolute Gasteiger partial charge is 0.0762 e. The topological polar surface area (TPSA) is 29.9 Å². The molecule has 1 N–H and O–H groups in total. The van der Waals surface area contributed by atoms with Crippen LogP contribution in [0.5, 0.6) is 0 Å². The molecular weight excluding hydrogens is 198 g/mol. The van der Waals surface area contributed by atoms with E-state index >= 15 is 0 Å². The summed E-state index contributed by atoms with van der Waals surface area (Å²) in [7, 11) is 1.97. The van der Waals surface area contributed by atoms with E-state index in [1.54, 1.807) is 0 Å². The van der Waals surface area contributed by atoms with E-state index < -0.39 is 0 Å². The minimum atomic E-state index is 0.627. The van der Waals surface area contributed by atoms with Crippen molar-refractivity contribution < 1.29 is 0 Å². The summed E-state index contributed by atoms with van der Waals surface area (Å²) in [6, 6.07) is 2.71. The Balaban J connectivity index is 1.76. The standard InChI is InChI=1S/C13H23N3/c1-11(12-6-4-3-5-7-12)14-10-13-8-9-16(2)15-13/h8-9,11-12,14H,3-7,10H2,1-2H3/t11-/m0/s1. The van der Waals surface area contributed by atoms with E-state index in [0.29, 0.717) is 6.04 Å². The van der Waals surface area contributed by atoms with Crippen molar-refractivity contribution in [2.24, 2.45) is 13.0 Å². The highest BCUT2D eigenvalue weighted by Crippen LogP contribution is 2.26. The van der Waals surface area contributed by atoms with Crippen molar-refractivity contribution in [1.29, 1.82) is 0 Å². The number of nitrogens with one attached hydrogen (secondary N) is 1. The van der Waals surface area contributed by atoms with Crippen LogP contribution < -0.4 is 5.32 Å². The maximum atomic E-state index is 4.38. The van der Waals surface area contributed by atoms with Crippen LogP contribution in [-0.4, -0.2) is 15.8 Å². The number of aromatic nitrogens is 2. The van der Waals surface area contributed by atoms with Crippen molar-refractivity contribution in [3.63, 3.8) is 0 Å². The Morgan fingerprint density at radius 3 is 2.81 bits per heavy atom. The van der Waals surface area contributed by atoms with E-state index in [2.05, 4.69) is 23.4 Å². The normalized spacial score (nSPS) is 19.9. The molecule has 0 amide bonds. The fourth-order valence-electron chi connectivity index (χ4n) is 2.62. The molecule has 0 unspecified atom stereocenters. The lowest BCUT2D eigenvalue weighted by Crippen LogP contribution is -2.34. The Kier molecular flexibility index (Phi) is 3.99. The second kappa shape index (κ2) is 5.48. The van der Waals surface area contributed by atoms with E-state index in [9.17, 15) is 0 Å². The van der Waals surface area contributed by atoms with Crippen LogP contribution in [0.15, 0.2) is 12.3 Å². The lowest BCUT2D eigenvalue weighted by atomic mass is 9.84. The maximum absolute atomic E-state index is 4.38. The Hall–Kier alpha value is -0.830. The van der Waals surface area contributed by atoms with Gasteiger partial charge in [-0.1, -0.05) is 19.3 Å². The molecular formula is C13H23N3. The minimum Gasteiger partial charge on any atom is -0.308 e. The third-order valence-corrected chi connectivity index (χ3v) is 3.73. The van der Waals surface area contributed by atoms with Gasteiger partial charge in [-0.05, 0) is 31.7 Å². The van der Waals surface area contributed by atoms with Crippen LogP contribution in [-0.2, 0) is 13.6 Å². The molecule has 0 spiro atoms. The number of aryl methyl sites for hydroxylation is 1. The van der Waals surface area contributed by atoms with Gasteiger partial charge in [0.05, 0.1) is 5.69 Å². The summed E-state index contributed by atoms with van der Waals surface area (Å²) in [4.78, 5) is 0. The van der Waals surface area contributed by atoms with Crippen LogP contribution in [0.3, 0.4) is 0 Å². The molecule has 1 fully saturated rings. The molecule has 0 radical (unpaired) electrons. The molecule has 1 atom stereocenters. The number of hydrogen-bond acceptors (Lipinski definition) is 2. The van der Waals surface area contributed by atoms with Gasteiger partial charge < -0.3 is 5.32 Å². The summed E-state index contributed by atoms with van der Waals surface area (Å²) in [5.41, 5.74) is 1.14. The number of hydrogen-bond donors (Lipinski definition) is 1.